The molecule has 0 aliphatic carbocycles. The number of benzene rings is 1. The highest BCUT2D eigenvalue weighted by Gasteiger charge is 2.50. The number of nitrogens with zero attached hydrogens (tertiary/aromatic N) is 4. The van der Waals surface area contributed by atoms with Crippen molar-refractivity contribution in [3.8, 4) is 11.8 Å². The fraction of sp³-hybridized carbons (Fsp3) is 0.471. The molecule has 1 aromatic carbocycles. The zero-order chi connectivity index (χ0) is 20.2. The number of aliphatic carboxylic acids is 1. The maximum Gasteiger partial charge on any atom is 0.341 e. The number of carboxylic acid groups (broad SMARTS) is 1. The number of rotatable bonds is 8. The summed E-state index contributed by atoms with van der Waals surface area (Å²) >= 11 is 1.04. The van der Waals surface area contributed by atoms with Gasteiger partial charge >= 0.3 is 12.0 Å². The van der Waals surface area contributed by atoms with Crippen molar-refractivity contribution in [1.29, 1.82) is 0 Å². The Kier molecular flexibility index (Phi) is 5.92. The first-order valence-electron chi connectivity index (χ1n) is 8.94. The Morgan fingerprint density at radius 1 is 1.21 bits per heavy atom. The molecule has 3 heterocycles. The van der Waals surface area contributed by atoms with Crippen molar-refractivity contribution >= 4 is 23.6 Å². The lowest BCUT2D eigenvalue weighted by Gasteiger charge is -2.18. The summed E-state index contributed by atoms with van der Waals surface area (Å²) in [7, 11) is 0. The van der Waals surface area contributed by atoms with Crippen molar-refractivity contribution < 1.29 is 28.9 Å². The van der Waals surface area contributed by atoms with Gasteiger partial charge in [-0.05, 0) is 22.6 Å². The number of carbonyl (C=O) groups excluding carboxylic acids is 1. The van der Waals surface area contributed by atoms with E-state index in [2.05, 4.69) is 20.8 Å². The number of tetrazole rings is 1. The van der Waals surface area contributed by atoms with Gasteiger partial charge in [0.25, 0.3) is 0 Å². The number of nitrogens with one attached hydrogen (secondary N) is 1. The van der Waals surface area contributed by atoms with Crippen molar-refractivity contribution in [3.05, 3.63) is 30.3 Å². The number of para-hydroxylation sites is 1. The number of hydrogen-bond acceptors (Lipinski definition) is 9. The Hall–Kier alpha value is -2.70. The van der Waals surface area contributed by atoms with E-state index in [1.807, 2.05) is 18.2 Å². The van der Waals surface area contributed by atoms with Crippen LogP contribution in [0.5, 0.6) is 11.8 Å². The van der Waals surface area contributed by atoms with E-state index in [4.69, 9.17) is 19.3 Å². The Balaban J connectivity index is 1.37. The summed E-state index contributed by atoms with van der Waals surface area (Å²) in [5.74, 6) is -0.665. The van der Waals surface area contributed by atoms with Crippen LogP contribution >= 0.6 is 11.8 Å². The molecule has 11 nitrogen and oxygen atoms in total. The summed E-state index contributed by atoms with van der Waals surface area (Å²) in [6.45, 7) is 0.601. The molecule has 2 fully saturated rings. The van der Waals surface area contributed by atoms with E-state index in [9.17, 15) is 9.59 Å². The molecule has 29 heavy (non-hydrogen) atoms. The monoisotopic (exact) mass is 421 g/mol. The quantitative estimate of drug-likeness (QED) is 0.604. The van der Waals surface area contributed by atoms with Crippen molar-refractivity contribution in [2.75, 3.05) is 24.7 Å². The second kappa shape index (κ2) is 8.76. The summed E-state index contributed by atoms with van der Waals surface area (Å²) in [4.78, 5) is 22.6. The van der Waals surface area contributed by atoms with Gasteiger partial charge in [-0.3, -0.25) is 9.59 Å². The van der Waals surface area contributed by atoms with Crippen molar-refractivity contribution in [3.63, 3.8) is 0 Å². The Morgan fingerprint density at radius 2 is 2.00 bits per heavy atom. The van der Waals surface area contributed by atoms with Gasteiger partial charge in [-0.2, -0.15) is 4.68 Å². The Bertz CT molecular complexity index is 865. The largest absolute Gasteiger partial charge is 0.481 e. The third-order valence-corrected chi connectivity index (χ3v) is 5.48. The van der Waals surface area contributed by atoms with Gasteiger partial charge in [-0.25, -0.2) is 0 Å². The molecule has 1 amide bonds. The average molecular weight is 421 g/mol. The van der Waals surface area contributed by atoms with E-state index >= 15 is 0 Å². The molecule has 0 saturated carbocycles. The summed E-state index contributed by atoms with van der Waals surface area (Å²) in [6.07, 6.45) is -0.684. The number of ether oxygens (including phenoxy) is 3. The van der Waals surface area contributed by atoms with Crippen LogP contribution in [0.15, 0.2) is 30.3 Å². The second-order valence-corrected chi connectivity index (χ2v) is 7.53. The molecular weight excluding hydrogens is 402 g/mol. The minimum atomic E-state index is -0.955. The topological polar surface area (TPSA) is 138 Å². The minimum Gasteiger partial charge on any atom is -0.481 e. The maximum absolute atomic E-state index is 12.0. The van der Waals surface area contributed by atoms with Crippen LogP contribution in [0, 0.1) is 0 Å². The van der Waals surface area contributed by atoms with Crippen LogP contribution in [0.1, 0.15) is 6.04 Å². The fourth-order valence-electron chi connectivity index (χ4n) is 3.35. The van der Waals surface area contributed by atoms with Crippen LogP contribution in [-0.4, -0.2) is 80.2 Å². The third-order valence-electron chi connectivity index (χ3n) is 4.56. The van der Waals surface area contributed by atoms with Gasteiger partial charge in [0, 0.05) is 0 Å². The van der Waals surface area contributed by atoms with E-state index < -0.39 is 5.97 Å². The Morgan fingerprint density at radius 3 is 2.79 bits per heavy atom. The summed E-state index contributed by atoms with van der Waals surface area (Å²) in [6, 6.07) is 8.79. The third kappa shape index (κ3) is 4.49. The highest BCUT2D eigenvalue weighted by molar-refractivity contribution is 8.00. The molecule has 12 heteroatoms. The summed E-state index contributed by atoms with van der Waals surface area (Å²) < 4.78 is 19.0. The predicted molar refractivity (Wildman–Crippen MR) is 99.7 cm³/mol. The predicted octanol–water partition coefficient (Wildman–Crippen LogP) is 0.107. The smallest absolute Gasteiger partial charge is 0.341 e. The first kappa shape index (κ1) is 19.6. The molecule has 4 rings (SSSR count). The molecule has 0 spiro atoms. The molecule has 0 radical (unpaired) electrons. The summed E-state index contributed by atoms with van der Waals surface area (Å²) in [5.41, 5.74) is 0. The van der Waals surface area contributed by atoms with Gasteiger partial charge in [0.2, 0.25) is 5.91 Å². The van der Waals surface area contributed by atoms with Crippen LogP contribution < -0.4 is 10.1 Å². The van der Waals surface area contributed by atoms with Crippen LogP contribution in [-0.2, 0) is 19.1 Å². The first-order chi connectivity index (χ1) is 14.1. The van der Waals surface area contributed by atoms with E-state index in [-0.39, 0.29) is 54.3 Å². The molecule has 2 aliphatic heterocycles. The molecule has 1 aromatic heterocycles. The zero-order valence-corrected chi connectivity index (χ0v) is 16.0. The van der Waals surface area contributed by atoms with E-state index in [1.165, 1.54) is 4.68 Å². The molecule has 0 bridgehead atoms. The molecule has 154 valence electrons. The number of fused-ring (bicyclic) bond motifs is 1. The molecule has 2 aliphatic rings. The number of hydrogen-bond donors (Lipinski definition) is 2. The SMILES string of the molecule is O=C(O)CSCC(=O)N[C@H]1CO[C@H]2[C@H]1OC[C@H]2n1nnnc1Oc1ccccc1. The number of carbonyl (C=O) groups is 2. The maximum atomic E-state index is 12.0. The van der Waals surface area contributed by atoms with Crippen LogP contribution in [0.25, 0.3) is 0 Å². The molecule has 0 unspecified atom stereocenters. The Labute approximate surface area is 169 Å². The summed E-state index contributed by atoms with van der Waals surface area (Å²) in [5, 5.41) is 23.2. The van der Waals surface area contributed by atoms with Crippen molar-refractivity contribution in [2.45, 2.75) is 24.3 Å². The van der Waals surface area contributed by atoms with E-state index in [0.717, 1.165) is 11.8 Å². The van der Waals surface area contributed by atoms with Gasteiger partial charge in [0.1, 0.15) is 24.0 Å². The van der Waals surface area contributed by atoms with Crippen LogP contribution in [0.4, 0.5) is 0 Å². The lowest BCUT2D eigenvalue weighted by atomic mass is 10.1. The van der Waals surface area contributed by atoms with Gasteiger partial charge < -0.3 is 24.6 Å². The van der Waals surface area contributed by atoms with Crippen molar-refractivity contribution in [1.82, 2.24) is 25.5 Å². The van der Waals surface area contributed by atoms with Crippen molar-refractivity contribution in [2.24, 2.45) is 0 Å². The molecule has 2 saturated heterocycles. The highest BCUT2D eigenvalue weighted by Crippen LogP contribution is 2.36. The van der Waals surface area contributed by atoms with E-state index in [0.29, 0.717) is 12.4 Å². The van der Waals surface area contributed by atoms with Gasteiger partial charge in [0.15, 0.2) is 0 Å². The highest BCUT2D eigenvalue weighted by atomic mass is 32.2. The standard InChI is InChI=1S/C17H19N5O6S/c23-13(8-29-9-14(24)25)18-11-6-26-16-12(7-27-15(11)16)22-17(19-20-21-22)28-10-4-2-1-3-5-10/h1-5,11-12,15-16H,6-9H2,(H,18,23)(H,24,25)/t11-,12+,15-,16+/m0/s1. The van der Waals surface area contributed by atoms with Crippen LogP contribution in [0.3, 0.4) is 0 Å². The number of carboxylic acids is 1. The fourth-order valence-corrected chi connectivity index (χ4v) is 3.89. The van der Waals surface area contributed by atoms with Gasteiger partial charge in [0.05, 0.1) is 30.8 Å². The molecular formula is C17H19N5O6S. The lowest BCUT2D eigenvalue weighted by Crippen LogP contribution is -2.44. The van der Waals surface area contributed by atoms with Gasteiger partial charge in [-0.1, -0.05) is 23.3 Å². The normalized spacial score (nSPS) is 25.5. The molecule has 4 atom stereocenters. The number of thioether (sulfide) groups is 1. The first-order valence-corrected chi connectivity index (χ1v) is 10.1. The lowest BCUT2D eigenvalue weighted by molar-refractivity contribution is -0.133. The van der Waals surface area contributed by atoms with Gasteiger partial charge in [-0.15, -0.1) is 11.8 Å². The minimum absolute atomic E-state index is 0.0612. The molecule has 2 aromatic rings. The average Bonchev–Trinajstić information content (AvgIpc) is 3.40. The zero-order valence-electron chi connectivity index (χ0n) is 15.2. The number of amides is 1. The van der Waals surface area contributed by atoms with Crippen LogP contribution in [0.2, 0.25) is 0 Å². The second-order valence-electron chi connectivity index (χ2n) is 6.54. The van der Waals surface area contributed by atoms with E-state index in [1.54, 1.807) is 12.1 Å². The number of aromatic nitrogens is 4. The molecule has 2 N–H and O–H groups in total.